The highest BCUT2D eigenvalue weighted by molar-refractivity contribution is 9.10. The molecular weight excluding hydrogens is 320 g/mol. The molecule has 0 spiro atoms. The maximum absolute atomic E-state index is 11.5. The average molecular weight is 329 g/mol. The summed E-state index contributed by atoms with van der Waals surface area (Å²) in [7, 11) is 0. The van der Waals surface area contributed by atoms with Crippen LogP contribution in [0.2, 0.25) is 0 Å². The van der Waals surface area contributed by atoms with Crippen molar-refractivity contribution >= 4 is 15.9 Å². The molecule has 0 fully saturated rings. The maximum Gasteiger partial charge on any atom is 0.328 e. The van der Waals surface area contributed by atoms with Crippen molar-refractivity contribution in [2.75, 3.05) is 0 Å². The first-order valence-electron chi connectivity index (χ1n) is 5.11. The van der Waals surface area contributed by atoms with Gasteiger partial charge in [-0.15, -0.1) is 0 Å². The number of H-pyrrole nitrogens is 1. The Morgan fingerprint density at radius 2 is 1.74 bits per heavy atom. The molecule has 19 heavy (non-hydrogen) atoms. The first-order chi connectivity index (χ1) is 8.88. The van der Waals surface area contributed by atoms with E-state index in [1.54, 1.807) is 0 Å². The number of phenols is 3. The third kappa shape index (κ3) is 2.63. The number of benzene rings is 1. The van der Waals surface area contributed by atoms with E-state index in [0.717, 1.165) is 0 Å². The molecule has 0 unspecified atom stereocenters. The zero-order valence-corrected chi connectivity index (χ0v) is 11.0. The number of aromatic nitrogens is 2. The molecule has 0 bridgehead atoms. The highest BCUT2D eigenvalue weighted by atomic mass is 79.9. The van der Waals surface area contributed by atoms with Gasteiger partial charge in [-0.05, 0) is 33.6 Å². The summed E-state index contributed by atoms with van der Waals surface area (Å²) >= 11 is 2.99. The number of nitrogens with zero attached hydrogens (tertiary/aromatic N) is 1. The zero-order chi connectivity index (χ0) is 14.2. The normalized spacial score (nSPS) is 10.6. The van der Waals surface area contributed by atoms with E-state index < -0.39 is 28.5 Å². The highest BCUT2D eigenvalue weighted by Crippen LogP contribution is 2.35. The number of hydrogen-bond donors (Lipinski definition) is 4. The average Bonchev–Trinajstić information content (AvgIpc) is 2.33. The summed E-state index contributed by atoms with van der Waals surface area (Å²) in [6, 6.07) is 2.42. The fourth-order valence-electron chi connectivity index (χ4n) is 1.55. The molecule has 0 saturated carbocycles. The highest BCUT2D eigenvalue weighted by Gasteiger charge is 2.09. The molecule has 1 heterocycles. The van der Waals surface area contributed by atoms with Crippen LogP contribution in [0.1, 0.15) is 5.56 Å². The van der Waals surface area contributed by atoms with Crippen LogP contribution in [0.5, 0.6) is 17.2 Å². The minimum absolute atomic E-state index is 0.00954. The van der Waals surface area contributed by atoms with Crippen LogP contribution in [-0.2, 0) is 6.54 Å². The van der Waals surface area contributed by atoms with Crippen LogP contribution in [0.4, 0.5) is 0 Å². The molecule has 0 amide bonds. The first-order valence-corrected chi connectivity index (χ1v) is 5.91. The predicted octanol–water partition coefficient (Wildman–Crippen LogP) is 0.464. The van der Waals surface area contributed by atoms with E-state index in [9.17, 15) is 24.9 Å². The van der Waals surface area contributed by atoms with Gasteiger partial charge in [0.2, 0.25) is 0 Å². The lowest BCUT2D eigenvalue weighted by Gasteiger charge is -2.08. The van der Waals surface area contributed by atoms with E-state index in [4.69, 9.17) is 0 Å². The molecule has 0 aliphatic carbocycles. The summed E-state index contributed by atoms with van der Waals surface area (Å²) in [6.45, 7) is 0.00954. The minimum Gasteiger partial charge on any atom is -0.504 e. The number of halogens is 1. The number of nitrogens with one attached hydrogen (secondary N) is 1. The van der Waals surface area contributed by atoms with Gasteiger partial charge in [0.1, 0.15) is 0 Å². The lowest BCUT2D eigenvalue weighted by Crippen LogP contribution is -2.30. The van der Waals surface area contributed by atoms with Gasteiger partial charge in [-0.25, -0.2) is 4.79 Å². The van der Waals surface area contributed by atoms with E-state index in [-0.39, 0.29) is 11.0 Å². The molecule has 2 rings (SSSR count). The second-order valence-corrected chi connectivity index (χ2v) is 4.70. The van der Waals surface area contributed by atoms with Crippen LogP contribution in [-0.4, -0.2) is 24.9 Å². The summed E-state index contributed by atoms with van der Waals surface area (Å²) in [5.74, 6) is -1.61. The fraction of sp³-hybridized carbons (Fsp3) is 0.0909. The molecule has 4 N–H and O–H groups in total. The Labute approximate surface area is 114 Å². The van der Waals surface area contributed by atoms with Gasteiger partial charge >= 0.3 is 5.69 Å². The van der Waals surface area contributed by atoms with Crippen molar-refractivity contribution in [3.05, 3.63) is 49.2 Å². The smallest absolute Gasteiger partial charge is 0.328 e. The van der Waals surface area contributed by atoms with Gasteiger partial charge in [-0.1, -0.05) is 0 Å². The third-order valence-electron chi connectivity index (χ3n) is 2.45. The van der Waals surface area contributed by atoms with Gasteiger partial charge in [-0.2, -0.15) is 0 Å². The zero-order valence-electron chi connectivity index (χ0n) is 9.42. The number of aromatic hydroxyl groups is 3. The van der Waals surface area contributed by atoms with Gasteiger partial charge in [0, 0.05) is 6.20 Å². The van der Waals surface area contributed by atoms with Crippen molar-refractivity contribution in [1.29, 1.82) is 0 Å². The number of hydrogen-bond acceptors (Lipinski definition) is 5. The summed E-state index contributed by atoms with van der Waals surface area (Å²) < 4.78 is 1.36. The topological polar surface area (TPSA) is 116 Å². The van der Waals surface area contributed by atoms with E-state index in [1.807, 2.05) is 0 Å². The summed E-state index contributed by atoms with van der Waals surface area (Å²) in [4.78, 5) is 24.8. The SMILES string of the molecule is O=c1[nH]c(=O)n(Cc2cc(O)c(O)c(O)c2)cc1Br. The van der Waals surface area contributed by atoms with E-state index in [0.29, 0.717) is 5.56 Å². The summed E-state index contributed by atoms with van der Waals surface area (Å²) in [5, 5.41) is 27.9. The number of rotatable bonds is 2. The molecule has 1 aromatic heterocycles. The van der Waals surface area contributed by atoms with Crippen molar-refractivity contribution in [1.82, 2.24) is 9.55 Å². The van der Waals surface area contributed by atoms with Crippen LogP contribution >= 0.6 is 15.9 Å². The standard InChI is InChI=1S/C11H9BrN2O5/c12-6-4-14(11(19)13-10(6)18)3-5-1-7(15)9(17)8(16)2-5/h1-2,4,15-17H,3H2,(H,13,18,19). The van der Waals surface area contributed by atoms with Crippen LogP contribution in [0.3, 0.4) is 0 Å². The van der Waals surface area contributed by atoms with Crippen LogP contribution in [0.15, 0.2) is 32.4 Å². The molecule has 2 aromatic rings. The van der Waals surface area contributed by atoms with E-state index >= 15 is 0 Å². The molecule has 100 valence electrons. The van der Waals surface area contributed by atoms with Crippen LogP contribution in [0.25, 0.3) is 0 Å². The Balaban J connectivity index is 2.45. The van der Waals surface area contributed by atoms with Gasteiger partial charge in [0.05, 0.1) is 11.0 Å². The second-order valence-electron chi connectivity index (χ2n) is 3.85. The molecule has 7 nitrogen and oxygen atoms in total. The lowest BCUT2D eigenvalue weighted by atomic mass is 10.2. The molecule has 0 saturated heterocycles. The lowest BCUT2D eigenvalue weighted by molar-refractivity contribution is 0.367. The van der Waals surface area contributed by atoms with Crippen molar-refractivity contribution in [3.8, 4) is 17.2 Å². The Kier molecular flexibility index (Phi) is 3.34. The van der Waals surface area contributed by atoms with Crippen molar-refractivity contribution < 1.29 is 15.3 Å². The third-order valence-corrected chi connectivity index (χ3v) is 3.01. The molecule has 1 aromatic carbocycles. The second kappa shape index (κ2) is 4.81. The quantitative estimate of drug-likeness (QED) is 0.598. The monoisotopic (exact) mass is 328 g/mol. The fourth-order valence-corrected chi connectivity index (χ4v) is 1.90. The minimum atomic E-state index is -0.626. The molecule has 0 atom stereocenters. The van der Waals surface area contributed by atoms with Crippen molar-refractivity contribution in [2.24, 2.45) is 0 Å². The summed E-state index contributed by atoms with van der Waals surface area (Å²) in [6.07, 6.45) is 1.29. The molecule has 0 radical (unpaired) electrons. The van der Waals surface area contributed by atoms with Crippen molar-refractivity contribution in [2.45, 2.75) is 6.54 Å². The largest absolute Gasteiger partial charge is 0.504 e. The van der Waals surface area contributed by atoms with Crippen LogP contribution < -0.4 is 11.2 Å². The Morgan fingerprint density at radius 3 is 2.32 bits per heavy atom. The number of aromatic amines is 1. The number of phenolic OH excluding ortho intramolecular Hbond substituents is 3. The Morgan fingerprint density at radius 1 is 1.16 bits per heavy atom. The molecule has 0 aliphatic heterocycles. The summed E-state index contributed by atoms with van der Waals surface area (Å²) in [5.41, 5.74) is -0.785. The van der Waals surface area contributed by atoms with E-state index in [1.165, 1.54) is 22.9 Å². The van der Waals surface area contributed by atoms with Gasteiger partial charge < -0.3 is 15.3 Å². The van der Waals surface area contributed by atoms with Gasteiger partial charge in [-0.3, -0.25) is 14.3 Å². The first kappa shape index (κ1) is 13.2. The molecule has 0 aliphatic rings. The van der Waals surface area contributed by atoms with Gasteiger partial charge in [0.25, 0.3) is 5.56 Å². The molecule has 8 heteroatoms. The molecular formula is C11H9BrN2O5. The van der Waals surface area contributed by atoms with Crippen molar-refractivity contribution in [3.63, 3.8) is 0 Å². The maximum atomic E-state index is 11.5. The predicted molar refractivity (Wildman–Crippen MR) is 69.6 cm³/mol. The Hall–Kier alpha value is -2.22. The van der Waals surface area contributed by atoms with E-state index in [2.05, 4.69) is 20.9 Å². The van der Waals surface area contributed by atoms with Crippen LogP contribution in [0, 0.1) is 0 Å². The van der Waals surface area contributed by atoms with Gasteiger partial charge in [0.15, 0.2) is 17.2 Å². The Bertz CT molecular complexity index is 726.